The molecule has 0 spiro atoms. The van der Waals surface area contributed by atoms with Gasteiger partial charge in [-0.15, -0.1) is 0 Å². The van der Waals surface area contributed by atoms with Crippen molar-refractivity contribution in [2.45, 2.75) is 26.1 Å². The maximum atomic E-state index is 13.7. The molecule has 0 aliphatic carbocycles. The number of hydrogen-bond donors (Lipinski definition) is 2. The van der Waals surface area contributed by atoms with E-state index in [9.17, 15) is 27.9 Å². The monoisotopic (exact) mass is 541 g/mol. The first-order chi connectivity index (χ1) is 18.5. The van der Waals surface area contributed by atoms with E-state index in [4.69, 9.17) is 13.9 Å². The standard InChI is InChI=1S/C29H26F3NO6/c1-16-26(34)24-14-19(7-8-25(24)39-27(16)28(35)36)20-11-21(29(30,31)32)15-23(13-20)38-10-9-33-17(2)18-5-4-6-22(12-18)37-3/h4-8,11-15,17,33H,9-10H2,1-3H3,(H,35,36). The molecule has 0 aliphatic heterocycles. The van der Waals surface area contributed by atoms with Crippen molar-refractivity contribution in [2.24, 2.45) is 0 Å². The number of carbonyl (C=O) groups is 1. The number of nitrogens with one attached hydrogen (secondary N) is 1. The lowest BCUT2D eigenvalue weighted by atomic mass is 10.00. The number of fused-ring (bicyclic) bond motifs is 1. The molecule has 3 aromatic carbocycles. The Balaban J connectivity index is 1.57. The van der Waals surface area contributed by atoms with Crippen LogP contribution in [0.25, 0.3) is 22.1 Å². The zero-order valence-electron chi connectivity index (χ0n) is 21.4. The molecule has 2 N–H and O–H groups in total. The lowest BCUT2D eigenvalue weighted by Crippen LogP contribution is -2.24. The first-order valence-electron chi connectivity index (χ1n) is 12.0. The topological polar surface area (TPSA) is 98.0 Å². The summed E-state index contributed by atoms with van der Waals surface area (Å²) in [6.45, 7) is 3.75. The third-order valence-corrected chi connectivity index (χ3v) is 6.29. The number of carboxylic acid groups (broad SMARTS) is 1. The predicted molar refractivity (Wildman–Crippen MR) is 140 cm³/mol. The molecule has 4 aromatic rings. The average molecular weight is 542 g/mol. The molecule has 1 unspecified atom stereocenters. The van der Waals surface area contributed by atoms with Gasteiger partial charge in [-0.1, -0.05) is 18.2 Å². The summed E-state index contributed by atoms with van der Waals surface area (Å²) in [6.07, 6.45) is -4.63. The normalized spacial score (nSPS) is 12.4. The zero-order chi connectivity index (χ0) is 28.3. The average Bonchev–Trinajstić information content (AvgIpc) is 2.92. The molecule has 4 rings (SSSR count). The van der Waals surface area contributed by atoms with E-state index in [0.717, 1.165) is 23.4 Å². The summed E-state index contributed by atoms with van der Waals surface area (Å²) in [5.41, 5.74) is -0.0752. The lowest BCUT2D eigenvalue weighted by molar-refractivity contribution is -0.137. The Labute approximate surface area is 221 Å². The van der Waals surface area contributed by atoms with Crippen LogP contribution in [0.3, 0.4) is 0 Å². The minimum atomic E-state index is -4.63. The number of alkyl halides is 3. The number of aromatic carboxylic acids is 1. The smallest absolute Gasteiger partial charge is 0.416 e. The summed E-state index contributed by atoms with van der Waals surface area (Å²) < 4.78 is 57.3. The van der Waals surface area contributed by atoms with Crippen LogP contribution in [0.2, 0.25) is 0 Å². The number of carboxylic acids is 1. The maximum Gasteiger partial charge on any atom is 0.416 e. The van der Waals surface area contributed by atoms with Gasteiger partial charge in [0.2, 0.25) is 5.76 Å². The third-order valence-electron chi connectivity index (χ3n) is 6.29. The van der Waals surface area contributed by atoms with Gasteiger partial charge in [-0.05, 0) is 73.0 Å². The highest BCUT2D eigenvalue weighted by molar-refractivity contribution is 5.90. The predicted octanol–water partition coefficient (Wildman–Crippen LogP) is 6.22. The molecule has 1 atom stereocenters. The first-order valence-corrected chi connectivity index (χ1v) is 12.0. The van der Waals surface area contributed by atoms with Crippen LogP contribution in [0.4, 0.5) is 13.2 Å². The number of halogens is 3. The largest absolute Gasteiger partial charge is 0.497 e. The molecule has 0 amide bonds. The summed E-state index contributed by atoms with van der Waals surface area (Å²) in [5.74, 6) is -1.13. The van der Waals surface area contributed by atoms with Crippen LogP contribution in [0.1, 0.15) is 40.2 Å². The summed E-state index contributed by atoms with van der Waals surface area (Å²) in [7, 11) is 1.58. The van der Waals surface area contributed by atoms with Gasteiger partial charge in [-0.2, -0.15) is 13.2 Å². The second-order valence-corrected chi connectivity index (χ2v) is 8.95. The van der Waals surface area contributed by atoms with Crippen molar-refractivity contribution in [3.05, 3.63) is 93.3 Å². The van der Waals surface area contributed by atoms with Crippen molar-refractivity contribution in [3.63, 3.8) is 0 Å². The number of benzene rings is 3. The van der Waals surface area contributed by atoms with Crippen molar-refractivity contribution < 1.29 is 37.0 Å². The van der Waals surface area contributed by atoms with E-state index in [1.807, 2.05) is 31.2 Å². The number of hydrogen-bond acceptors (Lipinski definition) is 6. The fourth-order valence-electron chi connectivity index (χ4n) is 4.16. The van der Waals surface area contributed by atoms with E-state index in [1.54, 1.807) is 7.11 Å². The molecule has 0 saturated carbocycles. The molecule has 10 heteroatoms. The van der Waals surface area contributed by atoms with Gasteiger partial charge in [-0.25, -0.2) is 4.79 Å². The SMILES string of the molecule is COc1cccc(C(C)NCCOc2cc(-c3ccc4oc(C(=O)O)c(C)c(=O)c4c3)cc(C(F)(F)F)c2)c1. The van der Waals surface area contributed by atoms with Crippen LogP contribution in [-0.4, -0.2) is 31.3 Å². The summed E-state index contributed by atoms with van der Waals surface area (Å²) in [6, 6.07) is 15.1. The van der Waals surface area contributed by atoms with Crippen LogP contribution < -0.4 is 20.2 Å². The van der Waals surface area contributed by atoms with E-state index in [1.165, 1.54) is 31.2 Å². The van der Waals surface area contributed by atoms with Gasteiger partial charge in [0.25, 0.3) is 0 Å². The van der Waals surface area contributed by atoms with Crippen LogP contribution in [0.15, 0.2) is 69.9 Å². The van der Waals surface area contributed by atoms with Crippen molar-refractivity contribution in [1.29, 1.82) is 0 Å². The van der Waals surface area contributed by atoms with Gasteiger partial charge in [0, 0.05) is 18.2 Å². The van der Waals surface area contributed by atoms with E-state index in [0.29, 0.717) is 12.1 Å². The molecular weight excluding hydrogens is 515 g/mol. The molecule has 39 heavy (non-hydrogen) atoms. The molecule has 1 heterocycles. The molecule has 0 saturated heterocycles. The highest BCUT2D eigenvalue weighted by Gasteiger charge is 2.31. The minimum absolute atomic E-state index is 0.0141. The van der Waals surface area contributed by atoms with Gasteiger partial charge in [0.15, 0.2) is 5.43 Å². The second kappa shape index (κ2) is 11.2. The Hall–Kier alpha value is -4.31. The molecular formula is C29H26F3NO6. The van der Waals surface area contributed by atoms with Crippen LogP contribution in [0, 0.1) is 6.92 Å². The van der Waals surface area contributed by atoms with Gasteiger partial charge in [-0.3, -0.25) is 4.79 Å². The Morgan fingerprint density at radius 3 is 2.51 bits per heavy atom. The zero-order valence-corrected chi connectivity index (χ0v) is 21.4. The first kappa shape index (κ1) is 27.7. The van der Waals surface area contributed by atoms with Crippen LogP contribution in [0.5, 0.6) is 11.5 Å². The van der Waals surface area contributed by atoms with Crippen LogP contribution >= 0.6 is 0 Å². The molecule has 0 aliphatic rings. The number of methoxy groups -OCH3 is 1. The van der Waals surface area contributed by atoms with E-state index in [-0.39, 0.29) is 40.5 Å². The molecule has 1 aromatic heterocycles. The van der Waals surface area contributed by atoms with Crippen molar-refractivity contribution in [3.8, 4) is 22.6 Å². The van der Waals surface area contributed by atoms with Crippen molar-refractivity contribution >= 4 is 16.9 Å². The van der Waals surface area contributed by atoms with E-state index < -0.39 is 28.9 Å². The minimum Gasteiger partial charge on any atom is -0.497 e. The summed E-state index contributed by atoms with van der Waals surface area (Å²) in [4.78, 5) is 24.1. The highest BCUT2D eigenvalue weighted by Crippen LogP contribution is 2.36. The van der Waals surface area contributed by atoms with Crippen molar-refractivity contribution in [2.75, 3.05) is 20.3 Å². The van der Waals surface area contributed by atoms with Gasteiger partial charge in [0.1, 0.15) is 23.7 Å². The Kier molecular flexibility index (Phi) is 7.96. The highest BCUT2D eigenvalue weighted by atomic mass is 19.4. The van der Waals surface area contributed by atoms with Gasteiger partial charge in [0.05, 0.1) is 18.1 Å². The number of rotatable bonds is 9. The second-order valence-electron chi connectivity index (χ2n) is 8.95. The fraction of sp³-hybridized carbons (Fsp3) is 0.241. The summed E-state index contributed by atoms with van der Waals surface area (Å²) in [5, 5.41) is 12.6. The van der Waals surface area contributed by atoms with E-state index in [2.05, 4.69) is 5.32 Å². The van der Waals surface area contributed by atoms with Gasteiger partial charge >= 0.3 is 12.1 Å². The number of ether oxygens (including phenoxy) is 2. The molecule has 0 radical (unpaired) electrons. The van der Waals surface area contributed by atoms with Crippen LogP contribution in [-0.2, 0) is 6.18 Å². The van der Waals surface area contributed by atoms with Gasteiger partial charge < -0.3 is 24.3 Å². The molecule has 0 bridgehead atoms. The van der Waals surface area contributed by atoms with Crippen molar-refractivity contribution in [1.82, 2.24) is 5.32 Å². The molecule has 0 fully saturated rings. The molecule has 7 nitrogen and oxygen atoms in total. The fourth-order valence-corrected chi connectivity index (χ4v) is 4.16. The maximum absolute atomic E-state index is 13.7. The van der Waals surface area contributed by atoms with E-state index >= 15 is 0 Å². The lowest BCUT2D eigenvalue weighted by Gasteiger charge is -2.17. The summed E-state index contributed by atoms with van der Waals surface area (Å²) >= 11 is 0. The molecule has 204 valence electrons. The Morgan fingerprint density at radius 1 is 1.05 bits per heavy atom. The quantitative estimate of drug-likeness (QED) is 0.243. The Morgan fingerprint density at radius 2 is 1.82 bits per heavy atom. The Bertz CT molecular complexity index is 1580. The third kappa shape index (κ3) is 6.23.